The maximum absolute atomic E-state index is 13.5. The van der Waals surface area contributed by atoms with Crippen LogP contribution in [0, 0.1) is 0 Å². The van der Waals surface area contributed by atoms with Crippen LogP contribution in [-0.2, 0) is 19.8 Å². The van der Waals surface area contributed by atoms with Gasteiger partial charge in [0.25, 0.3) is 46.2 Å². The van der Waals surface area contributed by atoms with E-state index >= 15 is 0 Å². The van der Waals surface area contributed by atoms with E-state index in [1.165, 1.54) is 9.40 Å². The first-order valence-corrected chi connectivity index (χ1v) is 17.1. The number of aromatic nitrogens is 9. The molecule has 246 valence electrons. The Morgan fingerprint density at radius 2 is 1.17 bits per heavy atom. The number of nitrogens with one attached hydrogen (secondary N) is 1. The van der Waals surface area contributed by atoms with Gasteiger partial charge in [-0.3, -0.25) is 22.3 Å². The van der Waals surface area contributed by atoms with Crippen molar-refractivity contribution in [2.24, 2.45) is 17.5 Å². The number of halogens is 3. The molecule has 0 aliphatic carbocycles. The molecule has 0 unspecified atom stereocenters. The van der Waals surface area contributed by atoms with Gasteiger partial charge in [0.05, 0.1) is 0 Å². The molecule has 0 fully saturated rings. The number of carbonyl (C=O) groups is 1. The molecule has 0 aliphatic heterocycles. The van der Waals surface area contributed by atoms with Gasteiger partial charge in [-0.25, -0.2) is 9.40 Å². The first-order chi connectivity index (χ1) is 22.8. The lowest BCUT2D eigenvalue weighted by atomic mass is 9.32. The number of amides is 1. The monoisotopic (exact) mass is 990 g/mol. The Labute approximate surface area is 323 Å². The minimum absolute atomic E-state index is 0.0968. The fraction of sp³-hybridized carbons (Fsp3) is 0.235. The highest BCUT2D eigenvalue weighted by molar-refractivity contribution is 14.1. The maximum atomic E-state index is 13.5. The van der Waals surface area contributed by atoms with E-state index in [1.807, 2.05) is 80.7 Å². The standard InChI is InChI=1S/C17H29B8I3N16O4/c18-39-3-10(33-36-39)6-46-13-1-9(21-22-16(45)32-17(23-42(26)29,24-43(27)30)25-44(28)31)2-14(47-7-11-4-40(19)37-34-11)15(13)48-8-12-5-41(20)38-35-12/h1-5,21-25H,6-8,18-20,29-31H2,(H,32,45). The summed E-state index contributed by atoms with van der Waals surface area (Å²) in [5.41, 5.74) is 2.58. The number of carbonyl (C=O) groups excluding carboxylic acids is 1. The van der Waals surface area contributed by atoms with Crippen molar-refractivity contribution in [3.63, 3.8) is 0 Å². The molecule has 0 aliphatic rings. The second-order valence-electron chi connectivity index (χ2n) is 10.9. The molecular weight excluding hydrogens is 960 g/mol. The van der Waals surface area contributed by atoms with E-state index in [0.717, 1.165) is 5.46 Å². The Bertz CT molecular complexity index is 1560. The average molecular weight is 989 g/mol. The van der Waals surface area contributed by atoms with E-state index in [9.17, 15) is 4.79 Å². The molecule has 1 amide bonds. The van der Waals surface area contributed by atoms with Gasteiger partial charge in [-0.05, 0) is 12.1 Å². The van der Waals surface area contributed by atoms with E-state index in [-0.39, 0.29) is 55.0 Å². The van der Waals surface area contributed by atoms with Crippen molar-refractivity contribution in [1.29, 1.82) is 0 Å². The lowest BCUT2D eigenvalue weighted by Crippen LogP contribution is -2.71. The number of nitrogens with zero attached hydrogens (tertiary/aromatic N) is 12. The van der Waals surface area contributed by atoms with Crippen LogP contribution in [0.5, 0.6) is 17.2 Å². The third-order valence-corrected chi connectivity index (χ3v) is 7.58. The summed E-state index contributed by atoms with van der Waals surface area (Å²) < 4.78 is 27.8. The van der Waals surface area contributed by atoms with E-state index in [0.29, 0.717) is 41.5 Å². The summed E-state index contributed by atoms with van der Waals surface area (Å²) >= 11 is 5.87. The molecule has 0 radical (unpaired) electrons. The van der Waals surface area contributed by atoms with Crippen LogP contribution in [0.1, 0.15) is 17.1 Å². The molecule has 4 rings (SSSR count). The summed E-state index contributed by atoms with van der Waals surface area (Å²) in [4.78, 5) is 13.5. The molecule has 0 spiro atoms. The minimum Gasteiger partial charge on any atom is -0.483 e. The van der Waals surface area contributed by atoms with Crippen LogP contribution < -0.4 is 42.5 Å². The molecule has 3 heterocycles. The molecule has 0 bridgehead atoms. The van der Waals surface area contributed by atoms with Crippen molar-refractivity contribution < 1.29 is 19.0 Å². The van der Waals surface area contributed by atoms with Crippen molar-refractivity contribution in [3.05, 3.63) is 47.8 Å². The number of hydrazine groups is 3. The zero-order chi connectivity index (χ0) is 34.8. The predicted octanol–water partition coefficient (Wildman–Crippen LogP) is -7.25. The Hall–Kier alpha value is -2.02. The second-order valence-corrected chi connectivity index (χ2v) is 14.7. The average Bonchev–Trinajstić information content (AvgIpc) is 3.72. The third-order valence-electron chi connectivity index (χ3n) is 6.55. The first-order valence-electron chi connectivity index (χ1n) is 14.2. The SMILES string of the molecule is Bn1cc(COc2cc(BBC(=O)NC(BN(N)I)(BN(N)I)BN(N)I)cc(OCc3cn(B)nn3)c2OCc2cn(B)nn2)nn1. The highest BCUT2D eigenvalue weighted by Crippen LogP contribution is 2.38. The van der Waals surface area contributed by atoms with Gasteiger partial charge < -0.3 is 33.3 Å². The van der Waals surface area contributed by atoms with Crippen LogP contribution >= 0.6 is 68.6 Å². The zero-order valence-electron chi connectivity index (χ0n) is 26.4. The number of nitrogens with two attached hydrogens (primary N) is 3. The fourth-order valence-electron chi connectivity index (χ4n) is 4.72. The molecule has 0 atom stereocenters. The van der Waals surface area contributed by atoms with E-state index in [4.69, 9.17) is 31.7 Å². The number of ether oxygens (including phenoxy) is 3. The van der Waals surface area contributed by atoms with Crippen LogP contribution in [-0.4, -0.2) is 126 Å². The molecule has 1 aromatic carbocycles. The Morgan fingerprint density at radius 1 is 0.771 bits per heavy atom. The van der Waals surface area contributed by atoms with Crippen LogP contribution in [0.3, 0.4) is 0 Å². The number of hydrogen-bond donors (Lipinski definition) is 4. The highest BCUT2D eigenvalue weighted by atomic mass is 127. The summed E-state index contributed by atoms with van der Waals surface area (Å²) in [5, 5.41) is 26.6. The zero-order valence-corrected chi connectivity index (χ0v) is 32.9. The van der Waals surface area contributed by atoms with Crippen LogP contribution in [0.15, 0.2) is 30.7 Å². The van der Waals surface area contributed by atoms with Gasteiger partial charge in [-0.15, -0.1) is 15.3 Å². The summed E-state index contributed by atoms with van der Waals surface area (Å²) in [6.45, 7) is 0.309. The van der Waals surface area contributed by atoms with E-state index in [2.05, 4.69) is 36.3 Å². The third kappa shape index (κ3) is 12.4. The van der Waals surface area contributed by atoms with Gasteiger partial charge in [0.1, 0.15) is 44.1 Å². The molecule has 0 saturated carbocycles. The summed E-state index contributed by atoms with van der Waals surface area (Å²) in [7, 11) is 6.61. The summed E-state index contributed by atoms with van der Waals surface area (Å²) in [6.07, 6.45) is 5.25. The van der Waals surface area contributed by atoms with Gasteiger partial charge in [-0.2, -0.15) is 0 Å². The van der Waals surface area contributed by atoms with Gasteiger partial charge in [0.15, 0.2) is 17.3 Å². The first kappa shape index (κ1) is 38.8. The van der Waals surface area contributed by atoms with E-state index in [1.54, 1.807) is 56.3 Å². The molecule has 4 aromatic rings. The number of hydrogen-bond acceptors (Lipinski definition) is 16. The van der Waals surface area contributed by atoms with Crippen molar-refractivity contribution >= 4 is 140 Å². The predicted molar refractivity (Wildman–Crippen MR) is 218 cm³/mol. The van der Waals surface area contributed by atoms with Gasteiger partial charge in [0.2, 0.25) is 12.9 Å². The highest BCUT2D eigenvalue weighted by Gasteiger charge is 2.40. The molecule has 20 nitrogen and oxygen atoms in total. The van der Waals surface area contributed by atoms with Crippen molar-refractivity contribution in [2.45, 2.75) is 25.1 Å². The molecule has 3 aromatic heterocycles. The van der Waals surface area contributed by atoms with Gasteiger partial charge in [-0.1, -0.05) is 21.1 Å². The van der Waals surface area contributed by atoms with Crippen molar-refractivity contribution in [2.75, 3.05) is 0 Å². The second kappa shape index (κ2) is 18.3. The number of rotatable bonds is 19. The smallest absolute Gasteiger partial charge is 0.251 e. The largest absolute Gasteiger partial charge is 0.483 e. The van der Waals surface area contributed by atoms with Gasteiger partial charge >= 0.3 is 0 Å². The molecule has 48 heavy (non-hydrogen) atoms. The molecule has 7 N–H and O–H groups in total. The summed E-state index contributed by atoms with van der Waals surface area (Å²) in [6, 6.07) is 3.62. The summed E-state index contributed by atoms with van der Waals surface area (Å²) in [5.74, 6) is 18.9. The Morgan fingerprint density at radius 3 is 1.52 bits per heavy atom. The minimum atomic E-state index is -0.868. The van der Waals surface area contributed by atoms with Crippen molar-refractivity contribution in [3.8, 4) is 17.2 Å². The quantitative estimate of drug-likeness (QED) is 0.0225. The lowest BCUT2D eigenvalue weighted by Gasteiger charge is -2.36. The van der Waals surface area contributed by atoms with Crippen LogP contribution in [0.4, 0.5) is 4.79 Å². The topological polar surface area (TPSA) is 237 Å². The Balaban J connectivity index is 1.62. The molecule has 0 saturated heterocycles. The molecule has 31 heteroatoms. The Kier molecular flexibility index (Phi) is 14.8. The van der Waals surface area contributed by atoms with Gasteiger partial charge in [0, 0.05) is 92.4 Å². The van der Waals surface area contributed by atoms with Crippen LogP contribution in [0.25, 0.3) is 0 Å². The number of benzene rings is 1. The normalized spacial score (nSPS) is 11.4. The maximum Gasteiger partial charge on any atom is 0.251 e. The van der Waals surface area contributed by atoms with E-state index < -0.39 is 5.24 Å². The molecular formula is C17H29B8I3N16O4. The lowest BCUT2D eigenvalue weighted by molar-refractivity contribution is 0.226. The van der Waals surface area contributed by atoms with Crippen LogP contribution in [0.2, 0.25) is 0 Å². The van der Waals surface area contributed by atoms with Crippen molar-refractivity contribution in [1.82, 2.24) is 59.4 Å². The fourth-order valence-corrected chi connectivity index (χ4v) is 6.68.